The molecule has 0 radical (unpaired) electrons. The van der Waals surface area contributed by atoms with Gasteiger partial charge in [0.05, 0.1) is 26.4 Å². The maximum absolute atomic E-state index is 12.4. The fourth-order valence-electron chi connectivity index (χ4n) is 2.47. The van der Waals surface area contributed by atoms with Gasteiger partial charge in [-0.1, -0.05) is 23.2 Å². The normalized spacial score (nSPS) is 11.8. The van der Waals surface area contributed by atoms with Crippen molar-refractivity contribution in [3.8, 4) is 0 Å². The van der Waals surface area contributed by atoms with Gasteiger partial charge < -0.3 is 9.72 Å². The number of nitrogens with zero attached hydrogens (tertiary/aromatic N) is 2. The first-order chi connectivity index (χ1) is 13.6. The molecule has 0 fully saturated rings. The number of halogens is 2. The van der Waals surface area contributed by atoms with Crippen LogP contribution in [0.15, 0.2) is 46.1 Å². The summed E-state index contributed by atoms with van der Waals surface area (Å²) in [5, 5.41) is 0.776. The van der Waals surface area contributed by atoms with Gasteiger partial charge in [-0.15, -0.1) is 0 Å². The number of ether oxygens (including phenoxy) is 1. The van der Waals surface area contributed by atoms with Crippen LogP contribution in [0.3, 0.4) is 0 Å². The Morgan fingerprint density at radius 2 is 1.90 bits per heavy atom. The second-order valence-corrected chi connectivity index (χ2v) is 9.17. The zero-order valence-corrected chi connectivity index (χ0v) is 17.6. The van der Waals surface area contributed by atoms with Crippen molar-refractivity contribution in [2.24, 2.45) is 0 Å². The molecular weight excluding hydrogens is 441 g/mol. The fourth-order valence-corrected chi connectivity index (χ4v) is 3.76. The number of esters is 1. The highest BCUT2D eigenvalue weighted by Crippen LogP contribution is 2.23. The molecule has 3 aromatic rings. The molecule has 1 N–H and O–H groups in total. The second-order valence-electron chi connectivity index (χ2n) is 6.18. The molecule has 0 bridgehead atoms. The van der Waals surface area contributed by atoms with Gasteiger partial charge in [0.25, 0.3) is 5.56 Å². The average Bonchev–Trinajstić information content (AvgIpc) is 2.65. The lowest BCUT2D eigenvalue weighted by Crippen LogP contribution is -2.22. The number of fused-ring (bicyclic) bond motifs is 1. The van der Waals surface area contributed by atoms with Gasteiger partial charge in [0.1, 0.15) is 12.4 Å². The molecule has 0 saturated carbocycles. The van der Waals surface area contributed by atoms with Crippen molar-refractivity contribution in [3.05, 3.63) is 68.2 Å². The topological polar surface area (TPSA) is 109 Å². The molecule has 8 nitrogen and oxygen atoms in total. The van der Waals surface area contributed by atoms with Crippen LogP contribution in [-0.2, 0) is 21.4 Å². The first-order valence-corrected chi connectivity index (χ1v) is 10.4. The molecule has 3 rings (SSSR count). The van der Waals surface area contributed by atoms with Crippen LogP contribution in [0.2, 0.25) is 10.0 Å². The van der Waals surface area contributed by atoms with Crippen LogP contribution < -0.4 is 5.56 Å². The summed E-state index contributed by atoms with van der Waals surface area (Å²) in [6.07, 6.45) is 0. The van der Waals surface area contributed by atoms with Crippen LogP contribution in [0.25, 0.3) is 10.9 Å². The Hall–Kier alpha value is -2.46. The van der Waals surface area contributed by atoms with Crippen molar-refractivity contribution in [2.45, 2.75) is 11.5 Å². The predicted molar refractivity (Wildman–Crippen MR) is 109 cm³/mol. The third-order valence-corrected chi connectivity index (χ3v) is 6.37. The number of aromatic nitrogens is 2. The van der Waals surface area contributed by atoms with E-state index in [-0.39, 0.29) is 27.9 Å². The van der Waals surface area contributed by atoms with E-state index in [4.69, 9.17) is 27.9 Å². The molecule has 152 valence electrons. The molecule has 0 aliphatic rings. The average molecular weight is 456 g/mol. The van der Waals surface area contributed by atoms with Crippen molar-refractivity contribution >= 4 is 50.1 Å². The summed E-state index contributed by atoms with van der Waals surface area (Å²) in [5.74, 6) is -0.758. The van der Waals surface area contributed by atoms with Crippen LogP contribution in [-0.4, -0.2) is 42.8 Å². The fraction of sp³-hybridized carbons (Fsp3) is 0.167. The van der Waals surface area contributed by atoms with E-state index in [0.29, 0.717) is 15.9 Å². The van der Waals surface area contributed by atoms with E-state index < -0.39 is 21.6 Å². The Morgan fingerprint density at radius 3 is 2.59 bits per heavy atom. The number of H-pyrrole nitrogens is 1. The van der Waals surface area contributed by atoms with Gasteiger partial charge in [-0.3, -0.25) is 4.79 Å². The first kappa shape index (κ1) is 21.3. The molecule has 1 aromatic heterocycles. The largest absolute Gasteiger partial charge is 0.454 e. The highest BCUT2D eigenvalue weighted by molar-refractivity contribution is 7.89. The van der Waals surface area contributed by atoms with E-state index in [1.807, 2.05) is 0 Å². The molecule has 0 aliphatic heterocycles. The van der Waals surface area contributed by atoms with Gasteiger partial charge in [0, 0.05) is 19.1 Å². The van der Waals surface area contributed by atoms with Crippen molar-refractivity contribution in [1.82, 2.24) is 14.3 Å². The monoisotopic (exact) mass is 455 g/mol. The lowest BCUT2D eigenvalue weighted by molar-refractivity contribution is 0.0462. The summed E-state index contributed by atoms with van der Waals surface area (Å²) >= 11 is 11.9. The Bertz CT molecular complexity index is 1270. The van der Waals surface area contributed by atoms with Crippen molar-refractivity contribution in [2.75, 3.05) is 14.1 Å². The zero-order valence-electron chi connectivity index (χ0n) is 15.3. The number of hydrogen-bond acceptors (Lipinski definition) is 6. The molecular formula is C18H15Cl2N3O5S. The third-order valence-electron chi connectivity index (χ3n) is 3.99. The summed E-state index contributed by atoms with van der Waals surface area (Å²) in [4.78, 5) is 31.2. The maximum Gasteiger partial charge on any atom is 0.340 e. The molecule has 11 heteroatoms. The van der Waals surface area contributed by atoms with Crippen LogP contribution in [0.5, 0.6) is 0 Å². The van der Waals surface area contributed by atoms with E-state index in [1.165, 1.54) is 38.4 Å². The molecule has 0 spiro atoms. The summed E-state index contributed by atoms with van der Waals surface area (Å²) in [6, 6.07) is 8.35. The van der Waals surface area contributed by atoms with Gasteiger partial charge in [0.15, 0.2) is 0 Å². The van der Waals surface area contributed by atoms with Gasteiger partial charge in [-0.05, 0) is 36.4 Å². The Morgan fingerprint density at radius 1 is 1.17 bits per heavy atom. The highest BCUT2D eigenvalue weighted by Gasteiger charge is 2.21. The molecule has 1 heterocycles. The minimum atomic E-state index is -3.76. The Kier molecular flexibility index (Phi) is 5.95. The van der Waals surface area contributed by atoms with E-state index in [9.17, 15) is 18.0 Å². The molecule has 29 heavy (non-hydrogen) atoms. The number of hydrogen-bond donors (Lipinski definition) is 1. The lowest BCUT2D eigenvalue weighted by Gasteiger charge is -2.13. The van der Waals surface area contributed by atoms with E-state index in [1.54, 1.807) is 6.07 Å². The van der Waals surface area contributed by atoms with E-state index in [0.717, 1.165) is 10.4 Å². The lowest BCUT2D eigenvalue weighted by atomic mass is 10.2. The van der Waals surface area contributed by atoms with Gasteiger partial charge in [-0.25, -0.2) is 22.5 Å². The maximum atomic E-state index is 12.4. The Labute approximate surface area is 176 Å². The minimum Gasteiger partial charge on any atom is -0.454 e. The minimum absolute atomic E-state index is 0.0273. The van der Waals surface area contributed by atoms with Gasteiger partial charge in [0.2, 0.25) is 10.0 Å². The van der Waals surface area contributed by atoms with E-state index in [2.05, 4.69) is 9.97 Å². The highest BCUT2D eigenvalue weighted by atomic mass is 35.5. The standard InChI is InChI=1S/C18H15Cl2N3O5S/c1-23(2)29(26,27)11-4-6-14(20)13(8-11)18(25)28-9-16-21-15-7-10(19)3-5-12(15)17(24)22-16/h3-8H,9H2,1-2H3,(H,21,22,24). The van der Waals surface area contributed by atoms with Crippen molar-refractivity contribution < 1.29 is 17.9 Å². The number of aromatic amines is 1. The smallest absolute Gasteiger partial charge is 0.340 e. The molecule has 0 unspecified atom stereocenters. The summed E-state index contributed by atoms with van der Waals surface area (Å²) in [7, 11) is -1.01. The predicted octanol–water partition coefficient (Wildman–Crippen LogP) is 2.84. The molecule has 0 amide bonds. The molecule has 0 saturated heterocycles. The number of rotatable bonds is 5. The van der Waals surface area contributed by atoms with Crippen molar-refractivity contribution in [3.63, 3.8) is 0 Å². The molecule has 0 aliphatic carbocycles. The van der Waals surface area contributed by atoms with Crippen LogP contribution in [0.4, 0.5) is 0 Å². The first-order valence-electron chi connectivity index (χ1n) is 8.17. The van der Waals surface area contributed by atoms with Gasteiger partial charge in [-0.2, -0.15) is 0 Å². The molecule has 2 aromatic carbocycles. The number of carbonyl (C=O) groups is 1. The van der Waals surface area contributed by atoms with E-state index >= 15 is 0 Å². The van der Waals surface area contributed by atoms with Crippen LogP contribution in [0.1, 0.15) is 16.2 Å². The third kappa shape index (κ3) is 4.43. The summed E-state index contributed by atoms with van der Waals surface area (Å²) < 4.78 is 30.7. The Balaban J connectivity index is 1.86. The van der Waals surface area contributed by atoms with Gasteiger partial charge >= 0.3 is 5.97 Å². The van der Waals surface area contributed by atoms with Crippen LogP contribution in [0, 0.1) is 0 Å². The quantitative estimate of drug-likeness (QED) is 0.592. The number of sulfonamides is 1. The van der Waals surface area contributed by atoms with Crippen LogP contribution >= 0.6 is 23.2 Å². The SMILES string of the molecule is CN(C)S(=O)(=O)c1ccc(Cl)c(C(=O)OCc2nc3cc(Cl)ccc3c(=O)[nH]2)c1. The number of benzene rings is 2. The number of carbonyl (C=O) groups excluding carboxylic acids is 1. The zero-order chi connectivity index (χ0) is 21.3. The van der Waals surface area contributed by atoms with Crippen molar-refractivity contribution in [1.29, 1.82) is 0 Å². The summed E-state index contributed by atoms with van der Waals surface area (Å²) in [6.45, 7) is -0.350. The number of nitrogens with one attached hydrogen (secondary N) is 1. The second kappa shape index (κ2) is 8.11. The molecule has 0 atom stereocenters. The summed E-state index contributed by atoms with van der Waals surface area (Å²) in [5.41, 5.74) is -0.181.